The zero-order valence-corrected chi connectivity index (χ0v) is 38.6. The summed E-state index contributed by atoms with van der Waals surface area (Å²) in [7, 11) is 0. The Kier molecular flexibility index (Phi) is 22.2. The molecule has 0 unspecified atom stereocenters. The van der Waals surface area contributed by atoms with Crippen molar-refractivity contribution in [2.24, 2.45) is 11.5 Å². The van der Waals surface area contributed by atoms with E-state index in [9.17, 15) is 19.2 Å². The Bertz CT molecular complexity index is 2210. The van der Waals surface area contributed by atoms with Gasteiger partial charge in [-0.05, 0) is 36.4 Å². The zero-order chi connectivity index (χ0) is 47.8. The maximum Gasteiger partial charge on any atom is 0.275 e. The molecule has 7 N–H and O–H groups in total. The monoisotopic (exact) mass is 947 g/mol. The number of ether oxygens (including phenoxy) is 9. The second-order valence-corrected chi connectivity index (χ2v) is 15.3. The summed E-state index contributed by atoms with van der Waals surface area (Å²) in [5.41, 5.74) is 17.1. The lowest BCUT2D eigenvalue weighted by Crippen LogP contribution is -2.50. The highest BCUT2D eigenvalue weighted by Gasteiger charge is 2.34. The first-order valence-corrected chi connectivity index (χ1v) is 23.1. The van der Waals surface area contributed by atoms with Crippen LogP contribution < -0.4 is 27.5 Å². The lowest BCUT2D eigenvalue weighted by Gasteiger charge is -2.28. The fraction of sp³-hybridized carbons (Fsp3) is 0.500. The first-order chi connectivity index (χ1) is 33.5. The Morgan fingerprint density at radius 1 is 0.382 bits per heavy atom. The van der Waals surface area contributed by atoms with Gasteiger partial charge in [0.2, 0.25) is 0 Å². The molecule has 2 aliphatic heterocycles. The standard InChI is InChI=1S/C48H65N7O13/c49-11-17-60-23-29-66-31-25-62-20-14-52-42-10-8-40-44-36(42)4-2-6-38(44)47(58)55(48(40)59)53-15-21-64-27-33-68-32-26-63-19-13-51-41-9-7-39-43-35(41)3-1-5-37(43)45(56)54(46(39)57)16-22-65-28-34-67-30-24-61-18-12-50/h1-10,51-53H,11-34,49-50H2. The third-order valence-electron chi connectivity index (χ3n) is 10.8. The molecule has 68 heavy (non-hydrogen) atoms. The zero-order valence-electron chi connectivity index (χ0n) is 38.6. The van der Waals surface area contributed by atoms with E-state index in [0.717, 1.165) is 27.2 Å². The molecule has 4 aromatic carbocycles. The Balaban J connectivity index is 0.812. The molecule has 4 amide bonds. The molecule has 2 heterocycles. The van der Waals surface area contributed by atoms with E-state index in [-0.39, 0.29) is 38.1 Å². The van der Waals surface area contributed by atoms with Crippen molar-refractivity contribution in [2.75, 3.05) is 169 Å². The van der Waals surface area contributed by atoms with E-state index in [1.54, 1.807) is 30.3 Å². The third-order valence-corrected chi connectivity index (χ3v) is 10.8. The second kappa shape index (κ2) is 29.0. The van der Waals surface area contributed by atoms with Crippen molar-refractivity contribution in [1.29, 1.82) is 0 Å². The number of benzene rings is 4. The van der Waals surface area contributed by atoms with E-state index in [4.69, 9.17) is 54.1 Å². The number of nitrogens with one attached hydrogen (secondary N) is 3. The van der Waals surface area contributed by atoms with Crippen molar-refractivity contribution in [2.45, 2.75) is 0 Å². The van der Waals surface area contributed by atoms with Crippen LogP contribution in [0.4, 0.5) is 11.4 Å². The molecule has 0 bridgehead atoms. The molecule has 0 aliphatic carbocycles. The molecule has 370 valence electrons. The average molecular weight is 948 g/mol. The van der Waals surface area contributed by atoms with Gasteiger partial charge in [-0.2, -0.15) is 0 Å². The Morgan fingerprint density at radius 2 is 0.735 bits per heavy atom. The molecule has 0 aromatic heterocycles. The second-order valence-electron chi connectivity index (χ2n) is 15.3. The normalized spacial score (nSPS) is 13.4. The van der Waals surface area contributed by atoms with E-state index < -0.39 is 11.8 Å². The summed E-state index contributed by atoms with van der Waals surface area (Å²) in [4.78, 5) is 55.0. The highest BCUT2D eigenvalue weighted by molar-refractivity contribution is 6.27. The summed E-state index contributed by atoms with van der Waals surface area (Å²) in [5, 5.41) is 10.6. The van der Waals surface area contributed by atoms with Crippen LogP contribution in [-0.4, -0.2) is 192 Å². The van der Waals surface area contributed by atoms with Gasteiger partial charge in [-0.1, -0.05) is 24.3 Å². The van der Waals surface area contributed by atoms with Gasteiger partial charge in [0, 0.05) is 76.8 Å². The van der Waals surface area contributed by atoms with Gasteiger partial charge in [-0.15, -0.1) is 0 Å². The third kappa shape index (κ3) is 14.7. The number of imide groups is 2. The predicted molar refractivity (Wildman–Crippen MR) is 254 cm³/mol. The summed E-state index contributed by atoms with van der Waals surface area (Å²) in [6, 6.07) is 18.0. The van der Waals surface area contributed by atoms with Crippen LogP contribution in [0.15, 0.2) is 60.7 Å². The highest BCUT2D eigenvalue weighted by atomic mass is 16.6. The number of rotatable bonds is 37. The first kappa shape index (κ1) is 52.2. The first-order valence-electron chi connectivity index (χ1n) is 23.1. The summed E-state index contributed by atoms with van der Waals surface area (Å²) in [5.74, 6) is -1.58. The molecule has 0 saturated carbocycles. The van der Waals surface area contributed by atoms with Crippen LogP contribution in [0.1, 0.15) is 41.4 Å². The number of amides is 4. The topological polar surface area (TPSA) is 246 Å². The van der Waals surface area contributed by atoms with Crippen LogP contribution in [-0.2, 0) is 42.6 Å². The van der Waals surface area contributed by atoms with Gasteiger partial charge in [0.1, 0.15) is 0 Å². The number of nitrogens with two attached hydrogens (primary N) is 2. The number of carbonyl (C=O) groups excluding carboxylic acids is 4. The van der Waals surface area contributed by atoms with E-state index in [1.807, 2.05) is 30.3 Å². The highest BCUT2D eigenvalue weighted by Crippen LogP contribution is 2.35. The van der Waals surface area contributed by atoms with Gasteiger partial charge >= 0.3 is 0 Å². The van der Waals surface area contributed by atoms with Crippen molar-refractivity contribution < 1.29 is 61.8 Å². The molecule has 0 radical (unpaired) electrons. The van der Waals surface area contributed by atoms with E-state index in [1.165, 1.54) is 4.90 Å². The van der Waals surface area contributed by atoms with Crippen LogP contribution in [0.25, 0.3) is 21.5 Å². The van der Waals surface area contributed by atoms with E-state index >= 15 is 0 Å². The van der Waals surface area contributed by atoms with Gasteiger partial charge < -0.3 is 64.7 Å². The van der Waals surface area contributed by atoms with Crippen molar-refractivity contribution in [3.63, 3.8) is 0 Å². The predicted octanol–water partition coefficient (Wildman–Crippen LogP) is 2.28. The number of carbonyl (C=O) groups is 4. The molecule has 0 atom stereocenters. The Morgan fingerprint density at radius 3 is 1.18 bits per heavy atom. The van der Waals surface area contributed by atoms with Crippen molar-refractivity contribution >= 4 is 56.5 Å². The molecule has 0 fully saturated rings. The Labute approximate surface area is 396 Å². The minimum atomic E-state index is -0.431. The summed E-state index contributed by atoms with van der Waals surface area (Å²) in [6.07, 6.45) is 0. The van der Waals surface area contributed by atoms with E-state index in [0.29, 0.717) is 165 Å². The molecular formula is C48H65N7O13. The largest absolute Gasteiger partial charge is 0.382 e. The van der Waals surface area contributed by atoms with Gasteiger partial charge in [-0.25, -0.2) is 10.4 Å². The molecule has 20 nitrogen and oxygen atoms in total. The van der Waals surface area contributed by atoms with Gasteiger partial charge in [0.05, 0.1) is 137 Å². The van der Waals surface area contributed by atoms with Crippen molar-refractivity contribution in [3.05, 3.63) is 82.9 Å². The lowest BCUT2D eigenvalue weighted by molar-refractivity contribution is 0.0119. The number of nitrogens with zero attached hydrogens (tertiary/aromatic N) is 2. The van der Waals surface area contributed by atoms with E-state index in [2.05, 4.69) is 16.1 Å². The minimum Gasteiger partial charge on any atom is -0.382 e. The fourth-order valence-corrected chi connectivity index (χ4v) is 7.59. The van der Waals surface area contributed by atoms with Crippen LogP contribution >= 0.6 is 0 Å². The number of hydrogen-bond donors (Lipinski definition) is 5. The summed E-state index contributed by atoms with van der Waals surface area (Å²) in [6.45, 7) is 9.51. The van der Waals surface area contributed by atoms with Gasteiger partial charge in [-0.3, -0.25) is 24.1 Å². The van der Waals surface area contributed by atoms with Gasteiger partial charge in [0.25, 0.3) is 23.6 Å². The molecule has 0 saturated heterocycles. The van der Waals surface area contributed by atoms with Gasteiger partial charge in [0.15, 0.2) is 0 Å². The van der Waals surface area contributed by atoms with Crippen LogP contribution in [0.3, 0.4) is 0 Å². The molecule has 20 heteroatoms. The maximum absolute atomic E-state index is 13.5. The van der Waals surface area contributed by atoms with Crippen molar-refractivity contribution in [1.82, 2.24) is 15.3 Å². The van der Waals surface area contributed by atoms with Crippen LogP contribution in [0, 0.1) is 0 Å². The summed E-state index contributed by atoms with van der Waals surface area (Å²) < 4.78 is 49.8. The average Bonchev–Trinajstić information content (AvgIpc) is 3.35. The molecule has 6 rings (SSSR count). The smallest absolute Gasteiger partial charge is 0.275 e. The quantitative estimate of drug-likeness (QED) is 0.0322. The molecule has 2 aliphatic rings. The Hall–Kier alpha value is -5.20. The SMILES string of the molecule is NCCOCCOCCOCCNc1ccc2c3c(cccc13)C(=O)N(NCCOCCOCCOCCNc1ccc3c4c(cccc14)C(=O)N(CCOCCOCCOCCN)C3=O)C2=O. The maximum atomic E-state index is 13.5. The minimum absolute atomic E-state index is 0.129. The molecule has 4 aromatic rings. The molecular weight excluding hydrogens is 883 g/mol. The molecule has 0 spiro atoms. The lowest BCUT2D eigenvalue weighted by atomic mass is 9.93. The fourth-order valence-electron chi connectivity index (χ4n) is 7.59. The number of hydrazine groups is 1. The number of hydrogen-bond acceptors (Lipinski definition) is 18. The summed E-state index contributed by atoms with van der Waals surface area (Å²) >= 11 is 0. The van der Waals surface area contributed by atoms with Crippen LogP contribution in [0.5, 0.6) is 0 Å². The van der Waals surface area contributed by atoms with Crippen molar-refractivity contribution in [3.8, 4) is 0 Å². The number of anilines is 2. The van der Waals surface area contributed by atoms with Crippen LogP contribution in [0.2, 0.25) is 0 Å².